The van der Waals surface area contributed by atoms with Crippen LogP contribution in [0.2, 0.25) is 0 Å². The first-order valence-corrected chi connectivity index (χ1v) is 11.7. The number of hydrogen-bond donors (Lipinski definition) is 3. The summed E-state index contributed by atoms with van der Waals surface area (Å²) in [7, 11) is 0. The fourth-order valence-electron chi connectivity index (χ4n) is 8.73. The molecule has 160 valence electrons. The molecule has 0 aliphatic heterocycles. The maximum absolute atomic E-state index is 11.2. The van der Waals surface area contributed by atoms with Gasteiger partial charge in [0, 0.05) is 6.42 Å². The second kappa shape index (κ2) is 7.27. The summed E-state index contributed by atoms with van der Waals surface area (Å²) in [5.41, 5.74) is 0.523. The minimum Gasteiger partial charge on any atom is -0.481 e. The standard InChI is InChI=1S/C24H40O4/c1-14(4-7-21(27)28)17-5-6-18-22-19(9-11-24(17,18)3)23(2)10-8-16(25)12-15(23)13-20(22)26/h14-20,22,25-26H,4-13H2,1-3H3,(H,27,28)/t14-,15+,16+,17-,18+,19+,20-,22+,23+,24-/m1/s1. The van der Waals surface area contributed by atoms with Gasteiger partial charge in [-0.05, 0) is 104 Å². The van der Waals surface area contributed by atoms with E-state index >= 15 is 0 Å². The number of carboxylic acid groups (broad SMARTS) is 1. The minimum absolute atomic E-state index is 0.179. The van der Waals surface area contributed by atoms with Crippen molar-refractivity contribution in [3.05, 3.63) is 0 Å². The highest BCUT2D eigenvalue weighted by atomic mass is 16.4. The molecule has 0 aromatic heterocycles. The highest BCUT2D eigenvalue weighted by molar-refractivity contribution is 5.66. The topological polar surface area (TPSA) is 77.8 Å². The largest absolute Gasteiger partial charge is 0.481 e. The van der Waals surface area contributed by atoms with E-state index in [1.165, 1.54) is 25.7 Å². The van der Waals surface area contributed by atoms with Crippen molar-refractivity contribution in [1.82, 2.24) is 0 Å². The van der Waals surface area contributed by atoms with E-state index in [9.17, 15) is 15.0 Å². The average molecular weight is 393 g/mol. The minimum atomic E-state index is -0.684. The van der Waals surface area contributed by atoms with E-state index in [0.29, 0.717) is 35.5 Å². The quantitative estimate of drug-likeness (QED) is 0.659. The molecule has 4 rings (SSSR count). The van der Waals surface area contributed by atoms with Crippen LogP contribution < -0.4 is 0 Å². The number of rotatable bonds is 4. The SMILES string of the molecule is C[C@H](CCC(=O)O)[C@H]1CC[C@H]2[C@@H]3[C@H](O)C[C@@H]4C[C@@H](O)CC[C@]4(C)[C@H]3CC[C@]12C. The molecule has 10 atom stereocenters. The van der Waals surface area contributed by atoms with Gasteiger partial charge in [0.05, 0.1) is 12.2 Å². The van der Waals surface area contributed by atoms with Crippen LogP contribution in [-0.2, 0) is 4.79 Å². The van der Waals surface area contributed by atoms with E-state index in [4.69, 9.17) is 5.11 Å². The Labute approximate surface area is 170 Å². The fourth-order valence-corrected chi connectivity index (χ4v) is 8.73. The van der Waals surface area contributed by atoms with Gasteiger partial charge in [0.2, 0.25) is 0 Å². The Hall–Kier alpha value is -0.610. The van der Waals surface area contributed by atoms with Gasteiger partial charge >= 0.3 is 5.97 Å². The molecule has 0 saturated heterocycles. The van der Waals surface area contributed by atoms with Crippen LogP contribution >= 0.6 is 0 Å². The van der Waals surface area contributed by atoms with E-state index in [2.05, 4.69) is 20.8 Å². The van der Waals surface area contributed by atoms with E-state index in [1.807, 2.05) is 0 Å². The van der Waals surface area contributed by atoms with Crippen molar-refractivity contribution in [3.63, 3.8) is 0 Å². The van der Waals surface area contributed by atoms with E-state index in [1.54, 1.807) is 0 Å². The predicted octanol–water partition coefficient (Wildman–Crippen LogP) is 4.48. The molecular formula is C24H40O4. The van der Waals surface area contributed by atoms with Crippen LogP contribution in [0.1, 0.15) is 85.0 Å². The third-order valence-corrected chi connectivity index (χ3v) is 10.2. The fraction of sp³-hybridized carbons (Fsp3) is 0.958. The molecule has 4 saturated carbocycles. The van der Waals surface area contributed by atoms with Crippen molar-refractivity contribution in [2.24, 2.45) is 46.3 Å². The van der Waals surface area contributed by atoms with Crippen LogP contribution in [0.25, 0.3) is 0 Å². The van der Waals surface area contributed by atoms with E-state index in [0.717, 1.165) is 32.1 Å². The van der Waals surface area contributed by atoms with Crippen molar-refractivity contribution in [2.45, 2.75) is 97.2 Å². The first kappa shape index (κ1) is 20.7. The lowest BCUT2D eigenvalue weighted by atomic mass is 9.43. The first-order valence-electron chi connectivity index (χ1n) is 11.7. The molecule has 0 aromatic carbocycles. The number of aliphatic hydroxyl groups is 2. The van der Waals surface area contributed by atoms with Gasteiger partial charge < -0.3 is 15.3 Å². The summed E-state index contributed by atoms with van der Waals surface area (Å²) < 4.78 is 0. The Morgan fingerprint density at radius 1 is 1.00 bits per heavy atom. The zero-order valence-corrected chi connectivity index (χ0v) is 17.9. The van der Waals surface area contributed by atoms with Crippen molar-refractivity contribution < 1.29 is 20.1 Å². The Morgan fingerprint density at radius 3 is 2.39 bits per heavy atom. The molecule has 0 unspecified atom stereocenters. The zero-order valence-electron chi connectivity index (χ0n) is 17.9. The first-order chi connectivity index (χ1) is 13.2. The van der Waals surface area contributed by atoms with Crippen LogP contribution in [0.15, 0.2) is 0 Å². The molecule has 28 heavy (non-hydrogen) atoms. The summed E-state index contributed by atoms with van der Waals surface area (Å²) in [6.07, 6.45) is 9.19. The van der Waals surface area contributed by atoms with Gasteiger partial charge in [-0.2, -0.15) is 0 Å². The third-order valence-electron chi connectivity index (χ3n) is 10.2. The number of carbonyl (C=O) groups is 1. The molecule has 0 bridgehead atoms. The van der Waals surface area contributed by atoms with Crippen LogP contribution in [0.4, 0.5) is 0 Å². The maximum atomic E-state index is 11.2. The van der Waals surface area contributed by atoms with Crippen molar-refractivity contribution in [1.29, 1.82) is 0 Å². The highest BCUT2D eigenvalue weighted by Crippen LogP contribution is 2.68. The molecule has 0 aromatic rings. The second-order valence-corrected chi connectivity index (χ2v) is 11.4. The molecule has 0 amide bonds. The van der Waals surface area contributed by atoms with Crippen molar-refractivity contribution >= 4 is 5.97 Å². The zero-order chi connectivity index (χ0) is 20.3. The third kappa shape index (κ3) is 3.14. The lowest BCUT2D eigenvalue weighted by Crippen LogP contribution is -2.58. The lowest BCUT2D eigenvalue weighted by molar-refractivity contribution is -0.174. The Balaban J connectivity index is 1.55. The Bertz CT molecular complexity index is 605. The number of fused-ring (bicyclic) bond motifs is 5. The second-order valence-electron chi connectivity index (χ2n) is 11.4. The molecule has 0 spiro atoms. The maximum Gasteiger partial charge on any atom is 0.303 e. The summed E-state index contributed by atoms with van der Waals surface area (Å²) in [5, 5.41) is 30.5. The molecule has 0 radical (unpaired) electrons. The van der Waals surface area contributed by atoms with Crippen molar-refractivity contribution in [2.75, 3.05) is 0 Å². The van der Waals surface area contributed by atoms with Gasteiger partial charge in [0.25, 0.3) is 0 Å². The van der Waals surface area contributed by atoms with Crippen LogP contribution in [-0.4, -0.2) is 33.5 Å². The molecule has 3 N–H and O–H groups in total. The van der Waals surface area contributed by atoms with Crippen LogP contribution in [0.5, 0.6) is 0 Å². The molecule has 4 aliphatic rings. The number of carboxylic acids is 1. The van der Waals surface area contributed by atoms with Gasteiger partial charge in [-0.25, -0.2) is 0 Å². The van der Waals surface area contributed by atoms with Crippen molar-refractivity contribution in [3.8, 4) is 0 Å². The smallest absolute Gasteiger partial charge is 0.303 e. The van der Waals surface area contributed by atoms with Crippen LogP contribution in [0, 0.1) is 46.3 Å². The Kier molecular flexibility index (Phi) is 5.36. The number of aliphatic carboxylic acids is 1. The van der Waals surface area contributed by atoms with Gasteiger partial charge in [0.15, 0.2) is 0 Å². The van der Waals surface area contributed by atoms with Gasteiger partial charge in [-0.15, -0.1) is 0 Å². The predicted molar refractivity (Wildman–Crippen MR) is 109 cm³/mol. The van der Waals surface area contributed by atoms with E-state index in [-0.39, 0.29) is 29.5 Å². The Morgan fingerprint density at radius 2 is 1.68 bits per heavy atom. The lowest BCUT2D eigenvalue weighted by Gasteiger charge is -2.62. The molecule has 4 fully saturated rings. The molecule has 4 aliphatic carbocycles. The summed E-state index contributed by atoms with van der Waals surface area (Å²) in [5.74, 6) is 2.36. The van der Waals surface area contributed by atoms with Gasteiger partial charge in [0.1, 0.15) is 0 Å². The summed E-state index contributed by atoms with van der Waals surface area (Å²) >= 11 is 0. The van der Waals surface area contributed by atoms with Gasteiger partial charge in [-0.1, -0.05) is 20.8 Å². The summed E-state index contributed by atoms with van der Waals surface area (Å²) in [6.45, 7) is 7.16. The monoisotopic (exact) mass is 392 g/mol. The normalized spacial score (nSPS) is 51.7. The summed E-state index contributed by atoms with van der Waals surface area (Å²) in [6, 6.07) is 0. The highest BCUT2D eigenvalue weighted by Gasteiger charge is 2.62. The van der Waals surface area contributed by atoms with E-state index < -0.39 is 5.97 Å². The molecule has 4 nitrogen and oxygen atoms in total. The van der Waals surface area contributed by atoms with Gasteiger partial charge in [-0.3, -0.25) is 4.79 Å². The molecular weight excluding hydrogens is 352 g/mol. The molecule has 4 heteroatoms. The summed E-state index contributed by atoms with van der Waals surface area (Å²) in [4.78, 5) is 11.1. The molecule has 0 heterocycles. The van der Waals surface area contributed by atoms with Crippen LogP contribution in [0.3, 0.4) is 0 Å². The number of aliphatic hydroxyl groups excluding tert-OH is 2. The number of hydrogen-bond acceptors (Lipinski definition) is 3. The average Bonchev–Trinajstić information content (AvgIpc) is 2.98.